The topological polar surface area (TPSA) is 33.3 Å². The fourth-order valence-electron chi connectivity index (χ4n) is 2.19. The van der Waals surface area contributed by atoms with Gasteiger partial charge in [-0.3, -0.25) is 0 Å². The molecule has 1 aromatic rings. The molecule has 1 saturated heterocycles. The molecule has 1 atom stereocenters. The van der Waals surface area contributed by atoms with Gasteiger partial charge in [-0.25, -0.2) is 0 Å². The number of hydrogen-bond acceptors (Lipinski definition) is 3. The first-order valence-corrected chi connectivity index (χ1v) is 6.40. The lowest BCUT2D eigenvalue weighted by molar-refractivity contribution is 0.272. The maximum atomic E-state index is 5.83. The first-order valence-electron chi connectivity index (χ1n) is 6.40. The highest BCUT2D eigenvalue weighted by molar-refractivity contribution is 5.35. The van der Waals surface area contributed by atoms with Crippen molar-refractivity contribution in [3.8, 4) is 5.75 Å². The van der Waals surface area contributed by atoms with E-state index in [4.69, 9.17) is 4.74 Å². The minimum Gasteiger partial charge on any atom is -0.493 e. The Morgan fingerprint density at radius 1 is 1.29 bits per heavy atom. The summed E-state index contributed by atoms with van der Waals surface area (Å²) in [5, 5.41) is 6.87. The Hall–Kier alpha value is -1.06. The number of rotatable bonds is 4. The largest absolute Gasteiger partial charge is 0.493 e. The van der Waals surface area contributed by atoms with Gasteiger partial charge in [-0.2, -0.15) is 0 Å². The second kappa shape index (κ2) is 6.03. The van der Waals surface area contributed by atoms with Crippen molar-refractivity contribution in [2.24, 2.45) is 0 Å². The fourth-order valence-corrected chi connectivity index (χ4v) is 2.19. The van der Waals surface area contributed by atoms with Crippen LogP contribution < -0.4 is 15.4 Å². The molecule has 0 saturated carbocycles. The molecule has 1 heterocycles. The van der Waals surface area contributed by atoms with Crippen LogP contribution in [0.25, 0.3) is 0 Å². The van der Waals surface area contributed by atoms with Gasteiger partial charge in [0, 0.05) is 25.7 Å². The predicted molar refractivity (Wildman–Crippen MR) is 70.7 cm³/mol. The van der Waals surface area contributed by atoms with E-state index >= 15 is 0 Å². The lowest BCUT2D eigenvalue weighted by atomic mass is 10.1. The zero-order valence-electron chi connectivity index (χ0n) is 10.8. The maximum absolute atomic E-state index is 5.83. The second-order valence-electron chi connectivity index (χ2n) is 4.76. The van der Waals surface area contributed by atoms with Gasteiger partial charge in [0.15, 0.2) is 0 Å². The molecule has 2 N–H and O–H groups in total. The highest BCUT2D eigenvalue weighted by Gasteiger charge is 2.11. The summed E-state index contributed by atoms with van der Waals surface area (Å²) in [6.45, 7) is 8.18. The number of aryl methyl sites for hydroxylation is 2. The van der Waals surface area contributed by atoms with E-state index in [0.717, 1.165) is 38.4 Å². The molecule has 94 valence electrons. The van der Waals surface area contributed by atoms with Crippen LogP contribution in [0.15, 0.2) is 18.2 Å². The van der Waals surface area contributed by atoms with Gasteiger partial charge < -0.3 is 15.4 Å². The van der Waals surface area contributed by atoms with Crippen molar-refractivity contribution < 1.29 is 4.74 Å². The van der Waals surface area contributed by atoms with Crippen LogP contribution in [0.5, 0.6) is 5.75 Å². The monoisotopic (exact) mass is 234 g/mol. The zero-order valence-corrected chi connectivity index (χ0v) is 10.8. The molecule has 17 heavy (non-hydrogen) atoms. The van der Waals surface area contributed by atoms with Gasteiger partial charge in [-0.1, -0.05) is 17.7 Å². The van der Waals surface area contributed by atoms with Gasteiger partial charge in [-0.15, -0.1) is 0 Å². The third kappa shape index (κ3) is 3.72. The van der Waals surface area contributed by atoms with E-state index in [1.54, 1.807) is 0 Å². The molecule has 1 aromatic carbocycles. The van der Waals surface area contributed by atoms with Gasteiger partial charge in [0.25, 0.3) is 0 Å². The molecule has 0 amide bonds. The van der Waals surface area contributed by atoms with E-state index < -0.39 is 0 Å². The van der Waals surface area contributed by atoms with Crippen molar-refractivity contribution >= 4 is 0 Å². The van der Waals surface area contributed by atoms with Crippen molar-refractivity contribution in [1.82, 2.24) is 10.6 Å². The lowest BCUT2D eigenvalue weighted by Gasteiger charge is -2.24. The van der Waals surface area contributed by atoms with Crippen LogP contribution in [0, 0.1) is 13.8 Å². The molecule has 1 aliphatic heterocycles. The SMILES string of the molecule is Cc1ccc(OCCC2CNCCN2)c(C)c1. The van der Waals surface area contributed by atoms with Gasteiger partial charge in [0.05, 0.1) is 6.61 Å². The standard InChI is InChI=1S/C14H22N2O/c1-11-3-4-14(12(2)9-11)17-8-5-13-10-15-6-7-16-13/h3-4,9,13,15-16H,5-8,10H2,1-2H3. The molecular weight excluding hydrogens is 212 g/mol. The first kappa shape index (κ1) is 12.4. The predicted octanol–water partition coefficient (Wildman–Crippen LogP) is 1.63. The minimum absolute atomic E-state index is 0.550. The molecule has 0 spiro atoms. The van der Waals surface area contributed by atoms with Crippen LogP contribution in [0.2, 0.25) is 0 Å². The number of nitrogens with one attached hydrogen (secondary N) is 2. The summed E-state index contributed by atoms with van der Waals surface area (Å²) in [4.78, 5) is 0. The summed E-state index contributed by atoms with van der Waals surface area (Å²) in [5.74, 6) is 1.01. The zero-order chi connectivity index (χ0) is 12.1. The highest BCUT2D eigenvalue weighted by Crippen LogP contribution is 2.18. The Morgan fingerprint density at radius 3 is 2.88 bits per heavy atom. The van der Waals surface area contributed by atoms with E-state index in [-0.39, 0.29) is 0 Å². The molecule has 2 rings (SSSR count). The summed E-state index contributed by atoms with van der Waals surface area (Å²) in [5.41, 5.74) is 2.51. The molecule has 0 radical (unpaired) electrons. The Balaban J connectivity index is 1.77. The summed E-state index contributed by atoms with van der Waals surface area (Å²) in [6, 6.07) is 6.88. The third-order valence-corrected chi connectivity index (χ3v) is 3.18. The Morgan fingerprint density at radius 2 is 2.18 bits per heavy atom. The van der Waals surface area contributed by atoms with Crippen molar-refractivity contribution in [3.63, 3.8) is 0 Å². The summed E-state index contributed by atoms with van der Waals surface area (Å²) in [6.07, 6.45) is 1.06. The Bertz CT molecular complexity index is 359. The van der Waals surface area contributed by atoms with E-state index in [1.807, 2.05) is 0 Å². The van der Waals surface area contributed by atoms with Crippen LogP contribution in [-0.2, 0) is 0 Å². The highest BCUT2D eigenvalue weighted by atomic mass is 16.5. The normalized spacial score (nSPS) is 20.2. The summed E-state index contributed by atoms with van der Waals surface area (Å²) < 4.78 is 5.83. The van der Waals surface area contributed by atoms with Crippen LogP contribution >= 0.6 is 0 Å². The average Bonchev–Trinajstić information content (AvgIpc) is 2.33. The molecule has 3 nitrogen and oxygen atoms in total. The van der Waals surface area contributed by atoms with Gasteiger partial charge in [-0.05, 0) is 31.9 Å². The van der Waals surface area contributed by atoms with E-state index in [1.165, 1.54) is 11.1 Å². The Labute approximate surface area is 104 Å². The van der Waals surface area contributed by atoms with E-state index in [9.17, 15) is 0 Å². The number of piperazine rings is 1. The van der Waals surface area contributed by atoms with E-state index in [2.05, 4.69) is 42.7 Å². The molecule has 1 aliphatic rings. The minimum atomic E-state index is 0.550. The van der Waals surface area contributed by atoms with Gasteiger partial charge in [0.1, 0.15) is 5.75 Å². The van der Waals surface area contributed by atoms with Crippen molar-refractivity contribution in [2.45, 2.75) is 26.3 Å². The summed E-state index contributed by atoms with van der Waals surface area (Å²) >= 11 is 0. The van der Waals surface area contributed by atoms with Gasteiger partial charge >= 0.3 is 0 Å². The molecular formula is C14H22N2O. The van der Waals surface area contributed by atoms with Crippen LogP contribution in [0.4, 0.5) is 0 Å². The van der Waals surface area contributed by atoms with Crippen molar-refractivity contribution in [2.75, 3.05) is 26.2 Å². The molecule has 3 heteroatoms. The molecule has 0 bridgehead atoms. The van der Waals surface area contributed by atoms with Gasteiger partial charge in [0.2, 0.25) is 0 Å². The van der Waals surface area contributed by atoms with Crippen LogP contribution in [0.3, 0.4) is 0 Å². The average molecular weight is 234 g/mol. The number of ether oxygens (including phenoxy) is 1. The smallest absolute Gasteiger partial charge is 0.122 e. The summed E-state index contributed by atoms with van der Waals surface area (Å²) in [7, 11) is 0. The number of benzene rings is 1. The molecule has 1 unspecified atom stereocenters. The Kier molecular flexibility index (Phi) is 4.40. The fraction of sp³-hybridized carbons (Fsp3) is 0.571. The quantitative estimate of drug-likeness (QED) is 0.831. The lowest BCUT2D eigenvalue weighted by Crippen LogP contribution is -2.48. The van der Waals surface area contributed by atoms with Crippen LogP contribution in [0.1, 0.15) is 17.5 Å². The molecule has 1 fully saturated rings. The van der Waals surface area contributed by atoms with Crippen molar-refractivity contribution in [3.05, 3.63) is 29.3 Å². The second-order valence-corrected chi connectivity index (χ2v) is 4.76. The van der Waals surface area contributed by atoms with Crippen molar-refractivity contribution in [1.29, 1.82) is 0 Å². The maximum Gasteiger partial charge on any atom is 0.122 e. The third-order valence-electron chi connectivity index (χ3n) is 3.18. The number of hydrogen-bond donors (Lipinski definition) is 2. The first-order chi connectivity index (χ1) is 8.25. The molecule has 0 aliphatic carbocycles. The van der Waals surface area contributed by atoms with Crippen LogP contribution in [-0.4, -0.2) is 32.3 Å². The molecule has 0 aromatic heterocycles. The van der Waals surface area contributed by atoms with E-state index in [0.29, 0.717) is 6.04 Å².